The van der Waals surface area contributed by atoms with Crippen LogP contribution >= 0.6 is 0 Å². The molecule has 0 fully saturated rings. The van der Waals surface area contributed by atoms with Crippen molar-refractivity contribution < 1.29 is 17.7 Å². The van der Waals surface area contributed by atoms with Gasteiger partial charge in [-0.1, -0.05) is 53.5 Å². The summed E-state index contributed by atoms with van der Waals surface area (Å²) in [6.45, 7) is 6.51. The van der Waals surface area contributed by atoms with E-state index in [0.717, 1.165) is 0 Å². The monoisotopic (exact) mass is 380 g/mol. The third kappa shape index (κ3) is 5.62. The second kappa shape index (κ2) is 10.2. The number of hydrogen-bond donors (Lipinski definition) is 0. The van der Waals surface area contributed by atoms with Crippen molar-refractivity contribution in [3.8, 4) is 0 Å². The lowest BCUT2D eigenvalue weighted by atomic mass is 10.4. The van der Waals surface area contributed by atoms with Gasteiger partial charge in [-0.05, 0) is 24.2 Å². The molecule has 0 aliphatic carbocycles. The van der Waals surface area contributed by atoms with Crippen LogP contribution in [0.2, 0.25) is 6.55 Å². The van der Waals surface area contributed by atoms with E-state index in [4.69, 9.17) is 17.7 Å². The lowest BCUT2D eigenvalue weighted by Gasteiger charge is -2.24. The van der Waals surface area contributed by atoms with Crippen molar-refractivity contribution >= 4 is 31.8 Å². The van der Waals surface area contributed by atoms with Crippen LogP contribution in [0.15, 0.2) is 52.1 Å². The maximum Gasteiger partial charge on any atom is 0.417 e. The van der Waals surface area contributed by atoms with Gasteiger partial charge in [-0.25, -0.2) is 0 Å². The minimum Gasteiger partial charge on any atom is -0.393 e. The van der Waals surface area contributed by atoms with Crippen molar-refractivity contribution in [3.63, 3.8) is 0 Å². The fraction of sp³-hybridized carbons (Fsp3) is 0.412. The van der Waals surface area contributed by atoms with Crippen molar-refractivity contribution in [2.24, 2.45) is 0 Å². The van der Waals surface area contributed by atoms with Crippen molar-refractivity contribution in [1.29, 1.82) is 0 Å². The first kappa shape index (κ1) is 21.2. The Labute approximate surface area is 150 Å². The first-order chi connectivity index (χ1) is 11.4. The van der Waals surface area contributed by atoms with Gasteiger partial charge in [0.1, 0.15) is 8.07 Å². The van der Waals surface area contributed by atoms with E-state index in [1.54, 1.807) is 28.4 Å². The van der Waals surface area contributed by atoms with E-state index < -0.39 is 26.6 Å². The van der Waals surface area contributed by atoms with Gasteiger partial charge in [-0.15, -0.1) is 0 Å². The fourth-order valence-corrected chi connectivity index (χ4v) is 10.3. The molecule has 0 unspecified atom stereocenters. The molecule has 0 N–H and O–H groups in total. The summed E-state index contributed by atoms with van der Waals surface area (Å²) in [5.41, 5.74) is 4.72. The zero-order valence-corrected chi connectivity index (χ0v) is 18.7. The summed E-state index contributed by atoms with van der Waals surface area (Å²) < 4.78 is 22.0. The lowest BCUT2D eigenvalue weighted by molar-refractivity contribution is 0.287. The van der Waals surface area contributed by atoms with E-state index in [0.29, 0.717) is 0 Å². The molecule has 1 aromatic rings. The number of allylic oxidation sites excluding steroid dienone is 2. The smallest absolute Gasteiger partial charge is 0.393 e. The number of hydrogen-bond acceptors (Lipinski definition) is 4. The Morgan fingerprint density at radius 2 is 1.17 bits per heavy atom. The quantitative estimate of drug-likeness (QED) is 0.617. The highest BCUT2D eigenvalue weighted by atomic mass is 28.3. The average Bonchev–Trinajstić information content (AvgIpc) is 2.57. The molecule has 7 heteroatoms. The zero-order valence-electron chi connectivity index (χ0n) is 15.7. The molecular formula is C17H28O4Si3. The molecule has 24 heavy (non-hydrogen) atoms. The lowest BCUT2D eigenvalue weighted by Crippen LogP contribution is -2.44. The summed E-state index contributed by atoms with van der Waals surface area (Å²) in [7, 11) is 1.99. The van der Waals surface area contributed by atoms with Gasteiger partial charge in [0, 0.05) is 28.4 Å². The van der Waals surface area contributed by atoms with Crippen LogP contribution in [0.4, 0.5) is 0 Å². The zero-order chi connectivity index (χ0) is 18.2. The van der Waals surface area contributed by atoms with E-state index in [1.165, 1.54) is 15.6 Å². The molecule has 2 radical (unpaired) electrons. The van der Waals surface area contributed by atoms with E-state index in [9.17, 15) is 0 Å². The number of benzene rings is 1. The molecule has 0 aliphatic rings. The van der Waals surface area contributed by atoms with Crippen LogP contribution in [0.5, 0.6) is 0 Å². The maximum atomic E-state index is 5.51. The van der Waals surface area contributed by atoms with Gasteiger partial charge in [0.2, 0.25) is 0 Å². The molecule has 0 aliphatic heterocycles. The molecule has 0 spiro atoms. The highest BCUT2D eigenvalue weighted by Crippen LogP contribution is 2.17. The largest absolute Gasteiger partial charge is 0.417 e. The van der Waals surface area contributed by atoms with Gasteiger partial charge in [0.15, 0.2) is 0 Å². The van der Waals surface area contributed by atoms with E-state index in [-0.39, 0.29) is 0 Å². The highest BCUT2D eigenvalue weighted by molar-refractivity contribution is 7.00. The van der Waals surface area contributed by atoms with Gasteiger partial charge in [-0.3, -0.25) is 0 Å². The van der Waals surface area contributed by atoms with Crippen LogP contribution < -0.4 is 5.19 Å². The molecule has 132 valence electrons. The van der Waals surface area contributed by atoms with Crippen molar-refractivity contribution in [2.75, 3.05) is 28.4 Å². The Morgan fingerprint density at radius 3 is 1.50 bits per heavy atom. The fourth-order valence-electron chi connectivity index (χ4n) is 2.83. The molecule has 0 bridgehead atoms. The van der Waals surface area contributed by atoms with Crippen LogP contribution in [-0.4, -0.2) is 55.1 Å². The minimum absolute atomic E-state index is 1.18. The Balaban J connectivity index is 3.38. The molecular weight excluding hydrogens is 352 g/mol. The second-order valence-electron chi connectivity index (χ2n) is 5.69. The highest BCUT2D eigenvalue weighted by Gasteiger charge is 2.29. The van der Waals surface area contributed by atoms with Crippen LogP contribution in [0.1, 0.15) is 13.8 Å². The standard InChI is InChI=1S/C17H28O4Si3/c1-15(22(18-3)19-4)13-24(7,17-11-9-8-10-12-17)14-16(2)23(20-5)21-6/h8-14H,1-7H3. The summed E-state index contributed by atoms with van der Waals surface area (Å²) in [5.74, 6) is 0. The Bertz CT molecular complexity index is 524. The first-order valence-corrected chi connectivity index (χ1v) is 13.1. The summed E-state index contributed by atoms with van der Waals surface area (Å²) in [6, 6.07) is 10.6. The molecule has 0 aromatic heterocycles. The van der Waals surface area contributed by atoms with Crippen LogP contribution in [0, 0.1) is 0 Å². The van der Waals surface area contributed by atoms with Gasteiger partial charge < -0.3 is 17.7 Å². The Hall–Kier alpha value is -0.809. The third-order valence-electron chi connectivity index (χ3n) is 3.81. The molecule has 0 saturated heterocycles. The minimum atomic E-state index is -2.04. The molecule has 0 heterocycles. The predicted octanol–water partition coefficient (Wildman–Crippen LogP) is 2.58. The molecule has 0 atom stereocenters. The van der Waals surface area contributed by atoms with Gasteiger partial charge in [-0.2, -0.15) is 0 Å². The Morgan fingerprint density at radius 1 is 0.792 bits per heavy atom. The molecule has 4 nitrogen and oxygen atoms in total. The topological polar surface area (TPSA) is 36.9 Å². The van der Waals surface area contributed by atoms with Crippen LogP contribution in [-0.2, 0) is 17.7 Å². The van der Waals surface area contributed by atoms with E-state index in [2.05, 4.69) is 56.1 Å². The predicted molar refractivity (Wildman–Crippen MR) is 105 cm³/mol. The summed E-state index contributed by atoms with van der Waals surface area (Å²) in [5, 5.41) is 3.69. The van der Waals surface area contributed by atoms with Gasteiger partial charge >= 0.3 is 18.6 Å². The SMILES string of the molecule is CO[Si](OC)C(C)=C[Si](C)(C=C(C)[Si](OC)OC)c1ccccc1. The molecule has 1 rings (SSSR count). The van der Waals surface area contributed by atoms with Crippen molar-refractivity contribution in [3.05, 3.63) is 52.1 Å². The maximum absolute atomic E-state index is 5.51. The van der Waals surface area contributed by atoms with E-state index in [1.807, 2.05) is 6.07 Å². The van der Waals surface area contributed by atoms with Crippen molar-refractivity contribution in [2.45, 2.75) is 20.4 Å². The van der Waals surface area contributed by atoms with Crippen molar-refractivity contribution in [1.82, 2.24) is 0 Å². The van der Waals surface area contributed by atoms with E-state index >= 15 is 0 Å². The summed E-state index contributed by atoms with van der Waals surface area (Å²) in [4.78, 5) is 0. The average molecular weight is 381 g/mol. The number of rotatable bonds is 9. The molecule has 0 amide bonds. The molecule has 0 saturated carbocycles. The second-order valence-corrected chi connectivity index (χ2v) is 13.8. The first-order valence-electron chi connectivity index (χ1n) is 7.76. The van der Waals surface area contributed by atoms with Crippen LogP contribution in [0.25, 0.3) is 0 Å². The molecule has 1 aromatic carbocycles. The van der Waals surface area contributed by atoms with Gasteiger partial charge in [0.05, 0.1) is 0 Å². The summed E-state index contributed by atoms with van der Waals surface area (Å²) in [6.07, 6.45) is 0. The normalized spacial score (nSPS) is 15.9. The Kier molecular flexibility index (Phi) is 9.06. The summed E-state index contributed by atoms with van der Waals surface area (Å²) >= 11 is 0. The third-order valence-corrected chi connectivity index (χ3v) is 11.1. The van der Waals surface area contributed by atoms with Crippen LogP contribution in [0.3, 0.4) is 0 Å². The van der Waals surface area contributed by atoms with Gasteiger partial charge in [0.25, 0.3) is 0 Å².